The Labute approximate surface area is 178 Å². The van der Waals surface area contributed by atoms with Crippen molar-refractivity contribution in [2.75, 3.05) is 0 Å². The van der Waals surface area contributed by atoms with Crippen molar-refractivity contribution < 1.29 is 24.2 Å². The van der Waals surface area contributed by atoms with Gasteiger partial charge in [0.25, 0.3) is 0 Å². The van der Waals surface area contributed by atoms with Gasteiger partial charge in [0.05, 0.1) is 0 Å². The van der Waals surface area contributed by atoms with Gasteiger partial charge < -0.3 is 19.5 Å². The molecule has 0 bridgehead atoms. The van der Waals surface area contributed by atoms with Gasteiger partial charge in [0, 0.05) is 18.9 Å². The number of unbranched alkanes of at least 4 members (excludes halogenated alkanes) is 2. The number of carbonyl (C=O) groups is 3. The summed E-state index contributed by atoms with van der Waals surface area (Å²) in [5.41, 5.74) is 1.47. The van der Waals surface area contributed by atoms with E-state index in [0.29, 0.717) is 50.5 Å². The molecular formula is C24H31NO5. The quantitative estimate of drug-likeness (QED) is 0.130. The molecule has 1 heterocycles. The second kappa shape index (κ2) is 12.0. The van der Waals surface area contributed by atoms with Gasteiger partial charge in [-0.2, -0.15) is 0 Å². The number of hydrogen-bond acceptors (Lipinski definition) is 5. The minimum atomic E-state index is -1.15. The van der Waals surface area contributed by atoms with E-state index in [-0.39, 0.29) is 24.3 Å². The third-order valence-corrected chi connectivity index (χ3v) is 5.35. The Balaban J connectivity index is 2.25. The van der Waals surface area contributed by atoms with Gasteiger partial charge in [-0.3, -0.25) is 4.79 Å². The van der Waals surface area contributed by atoms with E-state index in [4.69, 9.17) is 4.74 Å². The van der Waals surface area contributed by atoms with Crippen LogP contribution in [-0.2, 0) is 25.7 Å². The second-order valence-corrected chi connectivity index (χ2v) is 7.46. The predicted molar refractivity (Wildman–Crippen MR) is 115 cm³/mol. The molecule has 1 amide bonds. The summed E-state index contributed by atoms with van der Waals surface area (Å²) in [7, 11) is 0. The van der Waals surface area contributed by atoms with E-state index in [2.05, 4.69) is 6.58 Å². The molecule has 0 aliphatic carbocycles. The van der Waals surface area contributed by atoms with Crippen LogP contribution < -0.4 is 0 Å². The van der Waals surface area contributed by atoms with Crippen LogP contribution in [0, 0.1) is 0 Å². The summed E-state index contributed by atoms with van der Waals surface area (Å²) in [5, 5.41) is 11.1. The molecule has 6 heteroatoms. The molecule has 2 atom stereocenters. The average Bonchev–Trinajstić information content (AvgIpc) is 2.76. The van der Waals surface area contributed by atoms with Crippen molar-refractivity contribution in [2.24, 2.45) is 0 Å². The molecule has 1 aliphatic heterocycles. The first-order valence-corrected chi connectivity index (χ1v) is 10.5. The molecule has 0 spiro atoms. The van der Waals surface area contributed by atoms with Gasteiger partial charge in [0.1, 0.15) is 18.7 Å². The average molecular weight is 414 g/mol. The monoisotopic (exact) mass is 413 g/mol. The molecule has 1 fully saturated rings. The van der Waals surface area contributed by atoms with E-state index in [1.807, 2.05) is 37.3 Å². The van der Waals surface area contributed by atoms with Crippen LogP contribution in [-0.4, -0.2) is 40.3 Å². The number of likely N-dealkylation sites (tertiary alicyclic amines) is 1. The van der Waals surface area contributed by atoms with Crippen molar-refractivity contribution in [3.05, 3.63) is 59.9 Å². The number of nitrogens with zero attached hydrogens (tertiary/aromatic N) is 1. The van der Waals surface area contributed by atoms with Crippen LogP contribution in [0.1, 0.15) is 57.4 Å². The normalized spacial score (nSPS) is 17.6. The number of aliphatic hydroxyl groups is 1. The Morgan fingerprint density at radius 2 is 2.07 bits per heavy atom. The second-order valence-electron chi connectivity index (χ2n) is 7.46. The molecule has 162 valence electrons. The lowest BCUT2D eigenvalue weighted by Crippen LogP contribution is -2.60. The molecule has 1 N–H and O–H groups in total. The lowest BCUT2D eigenvalue weighted by molar-refractivity contribution is -0.165. The lowest BCUT2D eigenvalue weighted by Gasteiger charge is -2.44. The van der Waals surface area contributed by atoms with Crippen LogP contribution in [0.15, 0.2) is 54.3 Å². The highest BCUT2D eigenvalue weighted by Crippen LogP contribution is 2.31. The molecule has 0 saturated carbocycles. The van der Waals surface area contributed by atoms with Crippen molar-refractivity contribution in [3.8, 4) is 0 Å². The fourth-order valence-corrected chi connectivity index (χ4v) is 3.63. The Kier molecular flexibility index (Phi) is 9.32. The Hall–Kier alpha value is -2.89. The molecule has 0 aromatic heterocycles. The molecular weight excluding hydrogens is 382 g/mol. The first-order chi connectivity index (χ1) is 14.5. The largest absolute Gasteiger partial charge is 0.510 e. The minimum Gasteiger partial charge on any atom is -0.510 e. The van der Waals surface area contributed by atoms with Crippen LogP contribution >= 0.6 is 0 Å². The van der Waals surface area contributed by atoms with E-state index < -0.39 is 12.0 Å². The highest BCUT2D eigenvalue weighted by Gasteiger charge is 2.46. The summed E-state index contributed by atoms with van der Waals surface area (Å²) in [6.45, 7) is 5.75. The Bertz CT molecular complexity index is 771. The summed E-state index contributed by atoms with van der Waals surface area (Å²) in [5.74, 6) is -0.947. The maximum atomic E-state index is 13.0. The van der Waals surface area contributed by atoms with Crippen LogP contribution in [0.5, 0.6) is 0 Å². The minimum absolute atomic E-state index is 0.0679. The number of aliphatic hydroxyl groups excluding tert-OH is 1. The van der Waals surface area contributed by atoms with E-state index in [1.165, 1.54) is 4.90 Å². The van der Waals surface area contributed by atoms with Gasteiger partial charge in [0.2, 0.25) is 5.91 Å². The summed E-state index contributed by atoms with van der Waals surface area (Å²) in [6, 6.07) is 8.02. The van der Waals surface area contributed by atoms with Gasteiger partial charge in [-0.25, -0.2) is 4.79 Å². The maximum absolute atomic E-state index is 13.0. The predicted octanol–water partition coefficient (Wildman–Crippen LogP) is 4.26. The molecule has 1 aliphatic rings. The number of esters is 1. The SMILES string of the molecule is C=CC/C(CCCCC=O)=C(\O)C(C(=O)OCc1ccccc1)N1C(=O)C[C@H]1CC. The highest BCUT2D eigenvalue weighted by atomic mass is 16.5. The van der Waals surface area contributed by atoms with Crippen molar-refractivity contribution in [1.29, 1.82) is 0 Å². The molecule has 1 aromatic rings. The summed E-state index contributed by atoms with van der Waals surface area (Å²) in [4.78, 5) is 37.3. The number of aldehydes is 1. The number of allylic oxidation sites excluding steroid dienone is 2. The third-order valence-electron chi connectivity index (χ3n) is 5.35. The van der Waals surface area contributed by atoms with Crippen LogP contribution in [0.2, 0.25) is 0 Å². The molecule has 1 saturated heterocycles. The molecule has 30 heavy (non-hydrogen) atoms. The Morgan fingerprint density at radius 1 is 1.33 bits per heavy atom. The maximum Gasteiger partial charge on any atom is 0.337 e. The standard InChI is InChI=1S/C24H31NO5/c1-3-11-19(14-9-6-10-15-26)23(28)22(25-20(4-2)16-21(25)27)24(29)30-17-18-12-7-5-8-13-18/h3,5,7-8,12-13,15,20,22,28H,1,4,6,9-11,14,16-17H2,2H3/b23-19+/t20-,22?/m1/s1. The number of rotatable bonds is 13. The highest BCUT2D eigenvalue weighted by molar-refractivity contribution is 5.91. The van der Waals surface area contributed by atoms with Crippen molar-refractivity contribution in [2.45, 2.75) is 70.6 Å². The van der Waals surface area contributed by atoms with Gasteiger partial charge in [-0.05, 0) is 43.2 Å². The van der Waals surface area contributed by atoms with E-state index in [0.717, 1.165) is 11.8 Å². The first kappa shape index (κ1) is 23.4. The van der Waals surface area contributed by atoms with Gasteiger partial charge >= 0.3 is 5.97 Å². The van der Waals surface area contributed by atoms with E-state index in [9.17, 15) is 19.5 Å². The lowest BCUT2D eigenvalue weighted by atomic mass is 9.92. The first-order valence-electron chi connectivity index (χ1n) is 10.5. The number of benzene rings is 1. The Morgan fingerprint density at radius 3 is 2.67 bits per heavy atom. The van der Waals surface area contributed by atoms with Gasteiger partial charge in [0.15, 0.2) is 6.04 Å². The molecule has 6 nitrogen and oxygen atoms in total. The van der Waals surface area contributed by atoms with Crippen molar-refractivity contribution >= 4 is 18.2 Å². The zero-order valence-electron chi connectivity index (χ0n) is 17.6. The van der Waals surface area contributed by atoms with Crippen molar-refractivity contribution in [1.82, 2.24) is 4.90 Å². The van der Waals surface area contributed by atoms with Gasteiger partial charge in [-0.1, -0.05) is 43.3 Å². The number of carbonyl (C=O) groups excluding carboxylic acids is 3. The van der Waals surface area contributed by atoms with Crippen molar-refractivity contribution in [3.63, 3.8) is 0 Å². The number of amides is 1. The van der Waals surface area contributed by atoms with Gasteiger partial charge in [-0.15, -0.1) is 6.58 Å². The number of hydrogen-bond donors (Lipinski definition) is 1. The van der Waals surface area contributed by atoms with Crippen LogP contribution in [0.4, 0.5) is 0 Å². The summed E-state index contributed by atoms with van der Waals surface area (Å²) >= 11 is 0. The van der Waals surface area contributed by atoms with E-state index >= 15 is 0 Å². The number of β-lactam (4-membered cyclic amide) rings is 1. The zero-order valence-corrected chi connectivity index (χ0v) is 17.6. The fourth-order valence-electron chi connectivity index (χ4n) is 3.63. The van der Waals surface area contributed by atoms with Crippen LogP contribution in [0.3, 0.4) is 0 Å². The molecule has 0 radical (unpaired) electrons. The molecule has 1 unspecified atom stereocenters. The topological polar surface area (TPSA) is 83.9 Å². The molecule has 1 aromatic carbocycles. The summed E-state index contributed by atoms with van der Waals surface area (Å²) in [6.07, 6.45) is 6.34. The van der Waals surface area contributed by atoms with E-state index in [1.54, 1.807) is 6.08 Å². The van der Waals surface area contributed by atoms with Crippen LogP contribution in [0.25, 0.3) is 0 Å². The molecule has 2 rings (SSSR count). The number of ether oxygens (including phenoxy) is 1. The smallest absolute Gasteiger partial charge is 0.337 e. The summed E-state index contributed by atoms with van der Waals surface area (Å²) < 4.78 is 5.48. The third kappa shape index (κ3) is 6.05. The fraction of sp³-hybridized carbons (Fsp3) is 0.458. The zero-order chi connectivity index (χ0) is 21.9.